The van der Waals surface area contributed by atoms with E-state index >= 15 is 0 Å². The molecular formula is C19H30IN3O. The zero-order chi connectivity index (χ0) is 16.1. The lowest BCUT2D eigenvalue weighted by Gasteiger charge is -2.38. The summed E-state index contributed by atoms with van der Waals surface area (Å²) in [6.45, 7) is 6.75. The Morgan fingerprint density at radius 3 is 2.58 bits per heavy atom. The molecule has 0 atom stereocenters. The molecule has 1 aliphatic heterocycles. The summed E-state index contributed by atoms with van der Waals surface area (Å²) in [4.78, 5) is 7.37. The third-order valence-corrected chi connectivity index (χ3v) is 5.30. The van der Waals surface area contributed by atoms with E-state index in [4.69, 9.17) is 9.73 Å². The summed E-state index contributed by atoms with van der Waals surface area (Å²) in [7, 11) is 1.74. The lowest BCUT2D eigenvalue weighted by atomic mass is 9.68. The highest BCUT2D eigenvalue weighted by Crippen LogP contribution is 2.47. The first-order chi connectivity index (χ1) is 11.3. The zero-order valence-corrected chi connectivity index (χ0v) is 17.2. The maximum atomic E-state index is 5.30. The highest BCUT2D eigenvalue weighted by atomic mass is 127. The van der Waals surface area contributed by atoms with Crippen LogP contribution in [0.5, 0.6) is 0 Å². The summed E-state index contributed by atoms with van der Waals surface area (Å²) in [6, 6.07) is 8.42. The molecule has 1 heterocycles. The average Bonchev–Trinajstić information content (AvgIpc) is 2.99. The monoisotopic (exact) mass is 443 g/mol. The third-order valence-electron chi connectivity index (χ3n) is 5.30. The van der Waals surface area contributed by atoms with Gasteiger partial charge in [0.15, 0.2) is 5.96 Å². The van der Waals surface area contributed by atoms with E-state index in [-0.39, 0.29) is 24.0 Å². The molecule has 4 nitrogen and oxygen atoms in total. The summed E-state index contributed by atoms with van der Waals surface area (Å²) >= 11 is 0. The number of hydrogen-bond acceptors (Lipinski definition) is 2. The van der Waals surface area contributed by atoms with Crippen LogP contribution in [0.3, 0.4) is 0 Å². The van der Waals surface area contributed by atoms with Gasteiger partial charge in [-0.15, -0.1) is 24.0 Å². The predicted molar refractivity (Wildman–Crippen MR) is 110 cm³/mol. The minimum atomic E-state index is 0. The smallest absolute Gasteiger partial charge is 0.194 e. The molecule has 5 heteroatoms. The summed E-state index contributed by atoms with van der Waals surface area (Å²) in [6.07, 6.45) is 5.54. The Bertz CT molecular complexity index is 557. The van der Waals surface area contributed by atoms with E-state index in [2.05, 4.69) is 41.4 Å². The van der Waals surface area contributed by atoms with Crippen molar-refractivity contribution in [3.8, 4) is 0 Å². The van der Waals surface area contributed by atoms with Crippen molar-refractivity contribution in [3.63, 3.8) is 0 Å². The molecular weight excluding hydrogens is 413 g/mol. The molecule has 1 spiro atoms. The van der Waals surface area contributed by atoms with Gasteiger partial charge in [-0.25, -0.2) is 4.99 Å². The Kier molecular flexibility index (Phi) is 7.34. The van der Waals surface area contributed by atoms with Gasteiger partial charge in [-0.1, -0.05) is 30.7 Å². The van der Waals surface area contributed by atoms with Crippen LogP contribution in [0.4, 0.5) is 0 Å². The van der Waals surface area contributed by atoms with Gasteiger partial charge in [0.25, 0.3) is 0 Å². The Hall–Kier alpha value is -0.820. The molecule has 0 bridgehead atoms. The van der Waals surface area contributed by atoms with Crippen LogP contribution in [0.25, 0.3) is 0 Å². The number of nitrogens with one attached hydrogen (secondary N) is 1. The number of guanidine groups is 1. The molecule has 0 aromatic heterocycles. The Morgan fingerprint density at radius 1 is 1.25 bits per heavy atom. The van der Waals surface area contributed by atoms with E-state index in [1.165, 1.54) is 43.4 Å². The first-order valence-corrected chi connectivity index (χ1v) is 8.85. The molecule has 1 aromatic rings. The highest BCUT2D eigenvalue weighted by Gasteiger charge is 2.43. The molecule has 2 fully saturated rings. The molecule has 0 unspecified atom stereocenters. The molecule has 1 saturated carbocycles. The van der Waals surface area contributed by atoms with Gasteiger partial charge in [0.1, 0.15) is 0 Å². The van der Waals surface area contributed by atoms with Crippen molar-refractivity contribution in [2.75, 3.05) is 26.7 Å². The molecule has 1 aromatic carbocycles. The molecule has 1 aliphatic carbocycles. The topological polar surface area (TPSA) is 36.9 Å². The van der Waals surface area contributed by atoms with Gasteiger partial charge in [0.05, 0.1) is 13.2 Å². The minimum Gasteiger partial charge on any atom is -0.380 e. The van der Waals surface area contributed by atoms with Crippen LogP contribution in [0.2, 0.25) is 0 Å². The van der Waals surface area contributed by atoms with E-state index in [1.807, 2.05) is 0 Å². The largest absolute Gasteiger partial charge is 0.380 e. The van der Waals surface area contributed by atoms with Gasteiger partial charge in [0.2, 0.25) is 0 Å². The van der Waals surface area contributed by atoms with Crippen molar-refractivity contribution in [2.24, 2.45) is 10.4 Å². The number of ether oxygens (including phenoxy) is 1. The van der Waals surface area contributed by atoms with Gasteiger partial charge in [-0.05, 0) is 42.7 Å². The second kappa shape index (κ2) is 9.04. The molecule has 3 rings (SSSR count). The number of halogens is 1. The van der Waals surface area contributed by atoms with Crippen LogP contribution < -0.4 is 5.32 Å². The van der Waals surface area contributed by atoms with Gasteiger partial charge >= 0.3 is 0 Å². The Balaban J connectivity index is 0.00000208. The molecule has 1 N–H and O–H groups in total. The zero-order valence-electron chi connectivity index (χ0n) is 14.9. The third kappa shape index (κ3) is 4.42. The predicted octanol–water partition coefficient (Wildman–Crippen LogP) is 3.79. The van der Waals surface area contributed by atoms with Crippen LogP contribution in [-0.2, 0) is 17.9 Å². The molecule has 0 amide bonds. The second-order valence-electron chi connectivity index (χ2n) is 6.90. The van der Waals surface area contributed by atoms with Crippen LogP contribution in [0.15, 0.2) is 29.3 Å². The van der Waals surface area contributed by atoms with Gasteiger partial charge in [0, 0.05) is 26.7 Å². The van der Waals surface area contributed by atoms with Gasteiger partial charge in [-0.3, -0.25) is 0 Å². The van der Waals surface area contributed by atoms with E-state index in [1.54, 1.807) is 7.11 Å². The minimum absolute atomic E-state index is 0. The Labute approximate surface area is 163 Å². The number of aliphatic imine (C=N–C) groups is 1. The van der Waals surface area contributed by atoms with Crippen molar-refractivity contribution in [2.45, 2.75) is 45.8 Å². The number of methoxy groups -OCH3 is 1. The fourth-order valence-electron chi connectivity index (χ4n) is 3.79. The highest BCUT2D eigenvalue weighted by molar-refractivity contribution is 14.0. The summed E-state index contributed by atoms with van der Waals surface area (Å²) in [5, 5.41) is 3.48. The number of nitrogens with zero attached hydrogens (tertiary/aromatic N) is 2. The van der Waals surface area contributed by atoms with E-state index in [9.17, 15) is 0 Å². The van der Waals surface area contributed by atoms with Crippen molar-refractivity contribution >= 4 is 29.9 Å². The van der Waals surface area contributed by atoms with Crippen LogP contribution in [0.1, 0.15) is 43.7 Å². The van der Waals surface area contributed by atoms with E-state index in [0.717, 1.165) is 19.0 Å². The number of likely N-dealkylation sites (tertiary alicyclic amines) is 1. The van der Waals surface area contributed by atoms with E-state index in [0.29, 0.717) is 18.6 Å². The quantitative estimate of drug-likeness (QED) is 0.428. The van der Waals surface area contributed by atoms with Gasteiger partial charge in [-0.2, -0.15) is 0 Å². The fourth-order valence-corrected chi connectivity index (χ4v) is 3.79. The fraction of sp³-hybridized carbons (Fsp3) is 0.632. The maximum absolute atomic E-state index is 5.30. The first-order valence-electron chi connectivity index (χ1n) is 8.85. The first kappa shape index (κ1) is 19.5. The normalized spacial score (nSPS) is 19.1. The second-order valence-corrected chi connectivity index (χ2v) is 6.90. The van der Waals surface area contributed by atoms with Crippen molar-refractivity contribution in [1.29, 1.82) is 0 Å². The summed E-state index contributed by atoms with van der Waals surface area (Å²) < 4.78 is 5.30. The lowest BCUT2D eigenvalue weighted by molar-refractivity contribution is 0.151. The molecule has 134 valence electrons. The molecule has 0 radical (unpaired) electrons. The SMILES string of the molecule is CCNC(=NCc1ccccc1COC)N1CCC2(CCC2)C1.I. The van der Waals surface area contributed by atoms with E-state index < -0.39 is 0 Å². The van der Waals surface area contributed by atoms with Crippen LogP contribution >= 0.6 is 24.0 Å². The summed E-state index contributed by atoms with van der Waals surface area (Å²) in [5.41, 5.74) is 3.08. The average molecular weight is 443 g/mol. The van der Waals surface area contributed by atoms with Crippen molar-refractivity contribution in [1.82, 2.24) is 10.2 Å². The molecule has 2 aliphatic rings. The van der Waals surface area contributed by atoms with Gasteiger partial charge < -0.3 is 15.0 Å². The molecule has 1 saturated heterocycles. The standard InChI is InChI=1S/C19H29N3O.HI/c1-3-20-18(22-12-11-19(15-22)9-6-10-19)21-13-16-7-4-5-8-17(16)14-23-2;/h4-5,7-8H,3,6,9-15H2,1-2H3,(H,20,21);1H. The number of rotatable bonds is 5. The maximum Gasteiger partial charge on any atom is 0.194 e. The lowest BCUT2D eigenvalue weighted by Crippen LogP contribution is -2.42. The van der Waals surface area contributed by atoms with Crippen molar-refractivity contribution < 1.29 is 4.74 Å². The number of benzene rings is 1. The molecule has 24 heavy (non-hydrogen) atoms. The van der Waals surface area contributed by atoms with Crippen molar-refractivity contribution in [3.05, 3.63) is 35.4 Å². The van der Waals surface area contributed by atoms with Crippen LogP contribution in [0, 0.1) is 5.41 Å². The summed E-state index contributed by atoms with van der Waals surface area (Å²) in [5.74, 6) is 1.07. The van der Waals surface area contributed by atoms with Crippen LogP contribution in [-0.4, -0.2) is 37.6 Å². The Morgan fingerprint density at radius 2 is 2.00 bits per heavy atom. The number of hydrogen-bond donors (Lipinski definition) is 1.